The van der Waals surface area contributed by atoms with Crippen LogP contribution in [0.3, 0.4) is 0 Å². The smallest absolute Gasteiger partial charge is 0.404 e. The molecule has 0 aliphatic rings. The quantitative estimate of drug-likeness (QED) is 0.464. The fraction of sp³-hybridized carbons (Fsp3) is 0.923. The first-order valence-corrected chi connectivity index (χ1v) is 9.93. The molecule has 0 rings (SSSR count). The third kappa shape index (κ3) is 7.71. The number of hydrogen-bond donors (Lipinski definition) is 1. The summed E-state index contributed by atoms with van der Waals surface area (Å²) < 4.78 is 10.3. The Kier molecular flexibility index (Phi) is 10.1. The first-order chi connectivity index (χ1) is 8.60. The van der Waals surface area contributed by atoms with E-state index in [0.717, 1.165) is 26.1 Å². The number of amides is 1. The molecule has 0 aliphatic carbocycles. The maximum atomic E-state index is 10.3. The lowest BCUT2D eigenvalue weighted by Gasteiger charge is -2.27. The van der Waals surface area contributed by atoms with Gasteiger partial charge in [-0.15, -0.1) is 0 Å². The summed E-state index contributed by atoms with van der Waals surface area (Å²) in [6.45, 7) is 9.00. The van der Waals surface area contributed by atoms with Crippen molar-refractivity contribution in [1.82, 2.24) is 0 Å². The summed E-state index contributed by atoms with van der Waals surface area (Å²) in [5, 5.41) is 0. The predicted molar refractivity (Wildman–Crippen MR) is 77.6 cm³/mol. The predicted octanol–water partition coefficient (Wildman–Crippen LogP) is 3.39. The van der Waals surface area contributed by atoms with Gasteiger partial charge in [0.2, 0.25) is 0 Å². The van der Waals surface area contributed by atoms with Gasteiger partial charge in [-0.05, 0) is 18.9 Å². The monoisotopic (exact) mass is 275 g/mol. The fourth-order valence-corrected chi connectivity index (χ4v) is 5.29. The number of carbonyl (C=O) groups is 1. The minimum atomic E-state index is -1.02. The van der Waals surface area contributed by atoms with Gasteiger partial charge < -0.3 is 15.2 Å². The molecule has 2 N–H and O–H groups in total. The molecule has 0 heterocycles. The van der Waals surface area contributed by atoms with Crippen LogP contribution in [0.1, 0.15) is 33.6 Å². The van der Waals surface area contributed by atoms with Gasteiger partial charge in [0.05, 0.1) is 14.7 Å². The van der Waals surface area contributed by atoms with Gasteiger partial charge in [-0.3, -0.25) is 0 Å². The maximum Gasteiger partial charge on any atom is 0.404 e. The van der Waals surface area contributed by atoms with Crippen LogP contribution >= 0.6 is 0 Å². The van der Waals surface area contributed by atoms with E-state index in [1.165, 1.54) is 24.2 Å². The SMILES string of the molecule is CC[Si](CC)(CC)CCOCCCCOC(N)=O. The summed E-state index contributed by atoms with van der Waals surface area (Å²) >= 11 is 0. The Hall–Kier alpha value is -0.553. The van der Waals surface area contributed by atoms with Gasteiger partial charge in [-0.1, -0.05) is 38.9 Å². The summed E-state index contributed by atoms with van der Waals surface area (Å²) in [7, 11) is -1.02. The number of primary amides is 1. The van der Waals surface area contributed by atoms with Crippen LogP contribution in [-0.2, 0) is 9.47 Å². The average Bonchev–Trinajstić information content (AvgIpc) is 2.38. The van der Waals surface area contributed by atoms with Crippen molar-refractivity contribution in [1.29, 1.82) is 0 Å². The topological polar surface area (TPSA) is 61.6 Å². The molecule has 0 saturated heterocycles. The Balaban J connectivity index is 3.47. The first kappa shape index (κ1) is 17.4. The minimum Gasteiger partial charge on any atom is -0.450 e. The van der Waals surface area contributed by atoms with Gasteiger partial charge >= 0.3 is 6.09 Å². The van der Waals surface area contributed by atoms with Crippen molar-refractivity contribution in [3.8, 4) is 0 Å². The van der Waals surface area contributed by atoms with E-state index in [9.17, 15) is 4.79 Å². The third-order valence-electron chi connectivity index (χ3n) is 3.95. The first-order valence-electron chi connectivity index (χ1n) is 7.10. The van der Waals surface area contributed by atoms with Crippen molar-refractivity contribution in [2.75, 3.05) is 19.8 Å². The number of unbranched alkanes of at least 4 members (excludes halogenated alkanes) is 1. The fourth-order valence-electron chi connectivity index (χ4n) is 2.15. The van der Waals surface area contributed by atoms with Crippen molar-refractivity contribution >= 4 is 14.2 Å². The normalized spacial score (nSPS) is 11.5. The summed E-state index contributed by atoms with van der Waals surface area (Å²) in [5.74, 6) is 0. The van der Waals surface area contributed by atoms with E-state index in [1.54, 1.807) is 0 Å². The molecule has 0 aromatic carbocycles. The van der Waals surface area contributed by atoms with Gasteiger partial charge in [0, 0.05) is 13.2 Å². The number of rotatable bonds is 11. The maximum absolute atomic E-state index is 10.3. The van der Waals surface area contributed by atoms with Gasteiger partial charge in [0.1, 0.15) is 0 Å². The molecule has 1 amide bonds. The van der Waals surface area contributed by atoms with E-state index in [1.807, 2.05) is 0 Å². The third-order valence-corrected chi connectivity index (χ3v) is 9.72. The van der Waals surface area contributed by atoms with Crippen molar-refractivity contribution < 1.29 is 14.3 Å². The van der Waals surface area contributed by atoms with Crippen LogP contribution in [-0.4, -0.2) is 34.0 Å². The molecule has 0 aromatic rings. The molecule has 0 fully saturated rings. The minimum absolute atomic E-state index is 0.399. The highest BCUT2D eigenvalue weighted by Crippen LogP contribution is 2.24. The van der Waals surface area contributed by atoms with Crippen molar-refractivity contribution in [2.45, 2.75) is 57.8 Å². The van der Waals surface area contributed by atoms with Crippen LogP contribution in [0.5, 0.6) is 0 Å². The molecule has 0 radical (unpaired) electrons. The second kappa shape index (κ2) is 10.4. The number of carbonyl (C=O) groups excluding carboxylic acids is 1. The Morgan fingerprint density at radius 2 is 1.56 bits per heavy atom. The number of ether oxygens (including phenoxy) is 2. The van der Waals surface area contributed by atoms with Crippen LogP contribution in [0.4, 0.5) is 4.79 Å². The largest absolute Gasteiger partial charge is 0.450 e. The molecule has 0 spiro atoms. The van der Waals surface area contributed by atoms with E-state index in [-0.39, 0.29) is 0 Å². The molecule has 0 aromatic heterocycles. The molecular weight excluding hydrogens is 246 g/mol. The molecule has 4 nitrogen and oxygen atoms in total. The second-order valence-electron chi connectivity index (χ2n) is 4.80. The van der Waals surface area contributed by atoms with Crippen molar-refractivity contribution in [2.24, 2.45) is 5.73 Å². The Morgan fingerprint density at radius 3 is 2.06 bits per heavy atom. The van der Waals surface area contributed by atoms with Gasteiger partial charge in [-0.2, -0.15) is 0 Å². The molecule has 0 unspecified atom stereocenters. The summed E-state index contributed by atoms with van der Waals surface area (Å²) in [6, 6.07) is 5.34. The summed E-state index contributed by atoms with van der Waals surface area (Å²) in [6.07, 6.45) is 1.05. The van der Waals surface area contributed by atoms with E-state index >= 15 is 0 Å². The van der Waals surface area contributed by atoms with E-state index in [2.05, 4.69) is 25.5 Å². The molecule has 0 bridgehead atoms. The average molecular weight is 275 g/mol. The zero-order valence-electron chi connectivity index (χ0n) is 12.2. The van der Waals surface area contributed by atoms with Gasteiger partial charge in [-0.25, -0.2) is 4.79 Å². The molecule has 5 heteroatoms. The molecule has 0 saturated carbocycles. The van der Waals surface area contributed by atoms with Crippen LogP contribution in [0.15, 0.2) is 0 Å². The number of nitrogens with two attached hydrogens (primary N) is 1. The van der Waals surface area contributed by atoms with Crippen LogP contribution in [0.2, 0.25) is 24.2 Å². The van der Waals surface area contributed by atoms with Crippen molar-refractivity contribution in [3.05, 3.63) is 0 Å². The molecule has 0 atom stereocenters. The van der Waals surface area contributed by atoms with Crippen LogP contribution in [0, 0.1) is 0 Å². The highest BCUT2D eigenvalue weighted by atomic mass is 28.3. The van der Waals surface area contributed by atoms with E-state index in [4.69, 9.17) is 10.5 Å². The van der Waals surface area contributed by atoms with Crippen LogP contribution in [0.25, 0.3) is 0 Å². The Morgan fingerprint density at radius 1 is 1.00 bits per heavy atom. The summed E-state index contributed by atoms with van der Waals surface area (Å²) in [4.78, 5) is 10.3. The lowest BCUT2D eigenvalue weighted by atomic mass is 10.3. The molecule has 0 aliphatic heterocycles. The lowest BCUT2D eigenvalue weighted by molar-refractivity contribution is 0.126. The zero-order valence-corrected chi connectivity index (χ0v) is 13.2. The van der Waals surface area contributed by atoms with E-state index < -0.39 is 14.2 Å². The lowest BCUT2D eigenvalue weighted by Crippen LogP contribution is -2.32. The highest BCUT2D eigenvalue weighted by Gasteiger charge is 2.25. The van der Waals surface area contributed by atoms with E-state index in [0.29, 0.717) is 6.61 Å². The second-order valence-corrected chi connectivity index (χ2v) is 10.4. The van der Waals surface area contributed by atoms with Crippen LogP contribution < -0.4 is 5.73 Å². The standard InChI is InChI=1S/C13H29NO3Si/c1-4-18(5-2,6-3)12-11-16-9-7-8-10-17-13(14)15/h4-12H2,1-3H3,(H2,14,15). The number of hydrogen-bond acceptors (Lipinski definition) is 3. The van der Waals surface area contributed by atoms with Crippen molar-refractivity contribution in [3.63, 3.8) is 0 Å². The van der Waals surface area contributed by atoms with Gasteiger partial charge in [0.15, 0.2) is 0 Å². The molecule has 108 valence electrons. The Bertz CT molecular complexity index is 212. The Labute approximate surface area is 112 Å². The molecular formula is C13H29NO3Si. The summed E-state index contributed by atoms with van der Waals surface area (Å²) in [5.41, 5.74) is 4.86. The highest BCUT2D eigenvalue weighted by molar-refractivity contribution is 6.79. The zero-order chi connectivity index (χ0) is 13.9. The van der Waals surface area contributed by atoms with Gasteiger partial charge in [0.25, 0.3) is 0 Å². The molecule has 18 heavy (non-hydrogen) atoms.